The van der Waals surface area contributed by atoms with Crippen molar-refractivity contribution in [2.75, 3.05) is 5.32 Å². The van der Waals surface area contributed by atoms with E-state index in [1.54, 1.807) is 36.4 Å². The van der Waals surface area contributed by atoms with Gasteiger partial charge < -0.3 is 14.2 Å². The average Bonchev–Trinajstić information content (AvgIpc) is 3.42. The molecule has 0 aliphatic carbocycles. The van der Waals surface area contributed by atoms with Crippen LogP contribution in [0, 0.1) is 0 Å². The average molecular weight is 406 g/mol. The number of sulfone groups is 1. The molecule has 0 saturated heterocycles. The van der Waals surface area contributed by atoms with Gasteiger partial charge in [0, 0.05) is 12.1 Å². The van der Waals surface area contributed by atoms with E-state index in [-0.39, 0.29) is 28.1 Å². The van der Waals surface area contributed by atoms with Gasteiger partial charge in [-0.1, -0.05) is 48.5 Å². The Hall–Kier alpha value is -3.58. The lowest BCUT2D eigenvalue weighted by Crippen LogP contribution is -2.08. The van der Waals surface area contributed by atoms with Crippen LogP contribution in [0.2, 0.25) is 0 Å². The van der Waals surface area contributed by atoms with Gasteiger partial charge in [-0.05, 0) is 29.8 Å². The quantitative estimate of drug-likeness (QED) is 0.471. The minimum Gasteiger partial charge on any atom is -0.449 e. The van der Waals surface area contributed by atoms with E-state index in [0.717, 1.165) is 5.56 Å². The van der Waals surface area contributed by atoms with Gasteiger partial charge in [-0.3, -0.25) is 0 Å². The molecule has 0 atom stereocenters. The Balaban J connectivity index is 1.69. The Labute approximate surface area is 168 Å². The molecule has 0 amide bonds. The maximum absolute atomic E-state index is 13.1. The van der Waals surface area contributed by atoms with Crippen molar-refractivity contribution < 1.29 is 17.3 Å². The van der Waals surface area contributed by atoms with Crippen LogP contribution >= 0.6 is 0 Å². The van der Waals surface area contributed by atoms with Crippen molar-refractivity contribution in [1.29, 1.82) is 0 Å². The molecule has 0 unspecified atom stereocenters. The molecule has 0 radical (unpaired) electrons. The van der Waals surface area contributed by atoms with E-state index in [0.29, 0.717) is 5.88 Å². The molecular weight excluding hydrogens is 388 g/mol. The highest BCUT2D eigenvalue weighted by molar-refractivity contribution is 7.91. The Bertz CT molecular complexity index is 1200. The largest absolute Gasteiger partial charge is 0.449 e. The zero-order valence-electron chi connectivity index (χ0n) is 15.4. The molecule has 0 saturated carbocycles. The number of hydrogen-bond acceptors (Lipinski definition) is 6. The van der Waals surface area contributed by atoms with Gasteiger partial charge in [0.25, 0.3) is 0 Å². The van der Waals surface area contributed by atoms with Crippen LogP contribution in [-0.2, 0) is 16.4 Å². The zero-order chi connectivity index (χ0) is 20.1. The first-order valence-electron chi connectivity index (χ1n) is 8.93. The summed E-state index contributed by atoms with van der Waals surface area (Å²) < 4.78 is 37.2. The summed E-state index contributed by atoms with van der Waals surface area (Å²) in [6, 6.07) is 21.3. The molecule has 2 heterocycles. The molecule has 6 nitrogen and oxygen atoms in total. The highest BCUT2D eigenvalue weighted by atomic mass is 32.2. The first-order valence-corrected chi connectivity index (χ1v) is 10.4. The van der Waals surface area contributed by atoms with Gasteiger partial charge in [-0.2, -0.15) is 4.98 Å². The topological polar surface area (TPSA) is 85.3 Å². The van der Waals surface area contributed by atoms with E-state index >= 15 is 0 Å². The second-order valence-electron chi connectivity index (χ2n) is 6.17. The van der Waals surface area contributed by atoms with Crippen molar-refractivity contribution in [3.8, 4) is 0 Å². The maximum Gasteiger partial charge on any atom is 0.227 e. The first kappa shape index (κ1) is 18.8. The summed E-state index contributed by atoms with van der Waals surface area (Å²) in [4.78, 5) is 4.42. The molecule has 146 valence electrons. The van der Waals surface area contributed by atoms with Gasteiger partial charge in [0.1, 0.15) is 0 Å². The summed E-state index contributed by atoms with van der Waals surface area (Å²) in [5, 5.41) is 2.89. The predicted molar refractivity (Wildman–Crippen MR) is 110 cm³/mol. The van der Waals surface area contributed by atoms with Crippen molar-refractivity contribution in [2.45, 2.75) is 16.5 Å². The van der Waals surface area contributed by atoms with E-state index in [1.807, 2.05) is 36.4 Å². The monoisotopic (exact) mass is 406 g/mol. The number of aromatic nitrogens is 1. The SMILES string of the molecule is O=S(=O)(c1ccccc1)c1nc(/C=C/c2ccccc2)oc1CNc1ccco1. The number of anilines is 1. The second-order valence-corrected chi connectivity index (χ2v) is 8.04. The molecule has 0 fully saturated rings. The Morgan fingerprint density at radius 2 is 1.62 bits per heavy atom. The van der Waals surface area contributed by atoms with Crippen LogP contribution in [0.25, 0.3) is 12.2 Å². The standard InChI is InChI=1S/C22H18N2O4S/c25-29(26,18-10-5-2-6-11-18)22-19(16-23-20-12-7-15-27-20)28-21(24-22)14-13-17-8-3-1-4-9-17/h1-15,23H,16H2/b14-13+. The van der Waals surface area contributed by atoms with Gasteiger partial charge in [-0.25, -0.2) is 8.42 Å². The van der Waals surface area contributed by atoms with E-state index in [1.165, 1.54) is 18.4 Å². The summed E-state index contributed by atoms with van der Waals surface area (Å²) in [5.74, 6) is 0.920. The lowest BCUT2D eigenvalue weighted by Gasteiger charge is -2.04. The summed E-state index contributed by atoms with van der Waals surface area (Å²) in [5.41, 5.74) is 0.952. The molecule has 0 spiro atoms. The van der Waals surface area contributed by atoms with E-state index in [4.69, 9.17) is 8.83 Å². The summed E-state index contributed by atoms with van der Waals surface area (Å²) >= 11 is 0. The number of hydrogen-bond donors (Lipinski definition) is 1. The Morgan fingerprint density at radius 3 is 2.31 bits per heavy atom. The normalized spacial score (nSPS) is 11.7. The molecule has 0 bridgehead atoms. The van der Waals surface area contributed by atoms with Crippen molar-refractivity contribution in [2.24, 2.45) is 0 Å². The number of rotatable bonds is 7. The van der Waals surface area contributed by atoms with Crippen LogP contribution in [0.1, 0.15) is 17.2 Å². The number of nitrogens with one attached hydrogen (secondary N) is 1. The van der Waals surface area contributed by atoms with Crippen LogP contribution in [0.5, 0.6) is 0 Å². The number of benzene rings is 2. The third-order valence-corrected chi connectivity index (χ3v) is 5.87. The molecule has 7 heteroatoms. The second kappa shape index (κ2) is 8.20. The van der Waals surface area contributed by atoms with Gasteiger partial charge >= 0.3 is 0 Å². The van der Waals surface area contributed by atoms with Gasteiger partial charge in [0.2, 0.25) is 20.8 Å². The number of oxazole rings is 1. The lowest BCUT2D eigenvalue weighted by atomic mass is 10.2. The molecule has 1 N–H and O–H groups in total. The molecule has 2 aromatic carbocycles. The van der Waals surface area contributed by atoms with Gasteiger partial charge in [-0.15, -0.1) is 0 Å². The van der Waals surface area contributed by atoms with Gasteiger partial charge in [0.05, 0.1) is 17.7 Å². The summed E-state index contributed by atoms with van der Waals surface area (Å²) in [6.07, 6.45) is 4.99. The first-order chi connectivity index (χ1) is 14.1. The molecule has 4 rings (SSSR count). The smallest absolute Gasteiger partial charge is 0.227 e. The summed E-state index contributed by atoms with van der Waals surface area (Å²) in [7, 11) is -3.83. The molecular formula is C22H18N2O4S. The Morgan fingerprint density at radius 1 is 0.897 bits per heavy atom. The van der Waals surface area contributed by atoms with E-state index in [2.05, 4.69) is 10.3 Å². The van der Waals surface area contributed by atoms with Crippen molar-refractivity contribution in [1.82, 2.24) is 4.98 Å². The van der Waals surface area contributed by atoms with Crippen LogP contribution in [-0.4, -0.2) is 13.4 Å². The predicted octanol–water partition coefficient (Wildman–Crippen LogP) is 4.88. The number of nitrogens with zero attached hydrogens (tertiary/aromatic N) is 1. The lowest BCUT2D eigenvalue weighted by molar-refractivity contribution is 0.491. The fourth-order valence-corrected chi connectivity index (χ4v) is 4.10. The van der Waals surface area contributed by atoms with Crippen molar-refractivity contribution >= 4 is 27.9 Å². The maximum atomic E-state index is 13.1. The third kappa shape index (κ3) is 4.30. The summed E-state index contributed by atoms with van der Waals surface area (Å²) in [6.45, 7) is 0.112. The van der Waals surface area contributed by atoms with Gasteiger partial charge in [0.15, 0.2) is 11.6 Å². The fourth-order valence-electron chi connectivity index (χ4n) is 2.74. The molecule has 0 aliphatic heterocycles. The minimum absolute atomic E-state index is 0.112. The van der Waals surface area contributed by atoms with Crippen molar-refractivity contribution in [3.63, 3.8) is 0 Å². The van der Waals surface area contributed by atoms with Crippen LogP contribution in [0.15, 0.2) is 97.8 Å². The van der Waals surface area contributed by atoms with E-state index in [9.17, 15) is 8.42 Å². The van der Waals surface area contributed by atoms with Crippen LogP contribution in [0.4, 0.5) is 5.88 Å². The minimum atomic E-state index is -3.83. The third-order valence-electron chi connectivity index (χ3n) is 4.15. The number of furan rings is 1. The molecule has 0 aliphatic rings. The van der Waals surface area contributed by atoms with Crippen LogP contribution in [0.3, 0.4) is 0 Å². The Kier molecular flexibility index (Phi) is 5.31. The van der Waals surface area contributed by atoms with E-state index < -0.39 is 9.84 Å². The van der Waals surface area contributed by atoms with Crippen molar-refractivity contribution in [3.05, 3.63) is 96.3 Å². The molecule has 4 aromatic rings. The highest BCUT2D eigenvalue weighted by Gasteiger charge is 2.27. The molecule has 2 aromatic heterocycles. The highest BCUT2D eigenvalue weighted by Crippen LogP contribution is 2.26. The zero-order valence-corrected chi connectivity index (χ0v) is 16.2. The van der Waals surface area contributed by atoms with Crippen LogP contribution < -0.4 is 5.32 Å². The molecule has 29 heavy (non-hydrogen) atoms. The fraction of sp³-hybridized carbons (Fsp3) is 0.0455.